The molecule has 0 fully saturated rings. The molecule has 0 aliphatic heterocycles. The van der Waals surface area contributed by atoms with Crippen LogP contribution in [0.3, 0.4) is 0 Å². The molecule has 0 aliphatic carbocycles. The Morgan fingerprint density at radius 1 is 1.39 bits per heavy atom. The van der Waals surface area contributed by atoms with Crippen LogP contribution in [0.2, 0.25) is 5.02 Å². The summed E-state index contributed by atoms with van der Waals surface area (Å²) in [4.78, 5) is 0. The summed E-state index contributed by atoms with van der Waals surface area (Å²) in [6.45, 7) is 3.08. The van der Waals surface area contributed by atoms with E-state index in [9.17, 15) is 0 Å². The summed E-state index contributed by atoms with van der Waals surface area (Å²) >= 11 is 11.4. The average Bonchev–Trinajstić information content (AvgIpc) is 2.75. The lowest BCUT2D eigenvalue weighted by atomic mass is 10.0. The lowest BCUT2D eigenvalue weighted by molar-refractivity contribution is 0.549. The molecule has 96 valence electrons. The van der Waals surface area contributed by atoms with Crippen molar-refractivity contribution in [1.82, 2.24) is 5.32 Å². The lowest BCUT2D eigenvalue weighted by Crippen LogP contribution is -2.22. The van der Waals surface area contributed by atoms with Crippen LogP contribution in [-0.4, -0.2) is 6.54 Å². The van der Waals surface area contributed by atoms with Crippen molar-refractivity contribution in [3.8, 4) is 0 Å². The van der Waals surface area contributed by atoms with E-state index in [-0.39, 0.29) is 0 Å². The Labute approximate surface area is 125 Å². The molecule has 4 heteroatoms. The number of rotatable bonds is 5. The molecule has 1 nitrogen and oxygen atoms in total. The molecule has 0 saturated carbocycles. The van der Waals surface area contributed by atoms with Gasteiger partial charge in [-0.05, 0) is 57.5 Å². The van der Waals surface area contributed by atoms with E-state index >= 15 is 0 Å². The van der Waals surface area contributed by atoms with Crippen LogP contribution in [0.15, 0.2) is 39.5 Å². The molecule has 0 spiro atoms. The Hall–Kier alpha value is -0.350. The van der Waals surface area contributed by atoms with E-state index in [1.54, 1.807) is 11.3 Å². The van der Waals surface area contributed by atoms with Gasteiger partial charge in [0.05, 0.1) is 0 Å². The first kappa shape index (κ1) is 14.1. The molecule has 2 aromatic rings. The van der Waals surface area contributed by atoms with E-state index < -0.39 is 0 Å². The Morgan fingerprint density at radius 2 is 2.22 bits per heavy atom. The second-order valence-electron chi connectivity index (χ2n) is 4.12. The Bertz CT molecular complexity index is 512. The minimum atomic E-state index is 0.328. The normalized spacial score (nSPS) is 12.6. The number of hydrogen-bond acceptors (Lipinski definition) is 2. The maximum atomic E-state index is 6.03. The molecule has 1 N–H and O–H groups in total. The molecule has 1 aromatic heterocycles. The second-order valence-corrected chi connectivity index (χ2v) is 6.15. The highest BCUT2D eigenvalue weighted by Gasteiger charge is 2.15. The van der Waals surface area contributed by atoms with Gasteiger partial charge in [0.25, 0.3) is 0 Å². The molecule has 0 aliphatic rings. The van der Waals surface area contributed by atoms with Gasteiger partial charge in [-0.25, -0.2) is 0 Å². The van der Waals surface area contributed by atoms with Crippen molar-refractivity contribution in [2.45, 2.75) is 19.4 Å². The van der Waals surface area contributed by atoms with E-state index in [0.717, 1.165) is 18.0 Å². The topological polar surface area (TPSA) is 12.0 Å². The molecule has 1 unspecified atom stereocenters. The summed E-state index contributed by atoms with van der Waals surface area (Å²) in [5, 5.41) is 8.64. The molecule has 0 radical (unpaired) electrons. The third-order valence-corrected chi connectivity index (χ3v) is 4.78. The van der Waals surface area contributed by atoms with Crippen LogP contribution in [0, 0.1) is 0 Å². The first-order valence-corrected chi connectivity index (χ1v) is 8.01. The van der Waals surface area contributed by atoms with Crippen LogP contribution in [0.25, 0.3) is 0 Å². The van der Waals surface area contributed by atoms with Crippen LogP contribution in [-0.2, 0) is 6.42 Å². The molecular weight excluding hydrogens is 330 g/mol. The third-order valence-electron chi connectivity index (χ3n) is 2.80. The zero-order chi connectivity index (χ0) is 13.0. The van der Waals surface area contributed by atoms with Crippen LogP contribution in [0.5, 0.6) is 0 Å². The maximum Gasteiger partial charge on any atom is 0.0408 e. The van der Waals surface area contributed by atoms with Gasteiger partial charge in [-0.1, -0.05) is 30.7 Å². The zero-order valence-electron chi connectivity index (χ0n) is 10.1. The molecule has 1 aromatic carbocycles. The summed E-state index contributed by atoms with van der Waals surface area (Å²) < 4.78 is 1.18. The molecule has 0 saturated heterocycles. The number of hydrogen-bond donors (Lipinski definition) is 1. The van der Waals surface area contributed by atoms with Gasteiger partial charge in [0, 0.05) is 20.9 Å². The largest absolute Gasteiger partial charge is 0.310 e. The first-order chi connectivity index (χ1) is 8.70. The summed E-state index contributed by atoms with van der Waals surface area (Å²) in [5.41, 5.74) is 2.58. The molecule has 0 bridgehead atoms. The fourth-order valence-electron chi connectivity index (χ4n) is 1.98. The average molecular weight is 345 g/mol. The lowest BCUT2D eigenvalue weighted by Gasteiger charge is -2.18. The highest BCUT2D eigenvalue weighted by molar-refractivity contribution is 9.10. The van der Waals surface area contributed by atoms with Crippen LogP contribution < -0.4 is 5.32 Å². The van der Waals surface area contributed by atoms with Crippen molar-refractivity contribution in [3.63, 3.8) is 0 Å². The SMILES string of the molecule is CCNC(Cc1cccc(Cl)c1)c1cscc1Br. The summed E-state index contributed by atoms with van der Waals surface area (Å²) in [6.07, 6.45) is 0.948. The number of benzene rings is 1. The van der Waals surface area contributed by atoms with E-state index in [1.807, 2.05) is 18.2 Å². The Balaban J connectivity index is 2.19. The molecule has 1 atom stereocenters. The predicted octanol–water partition coefficient (Wildman–Crippen LogP) is 5.06. The van der Waals surface area contributed by atoms with Crippen molar-refractivity contribution >= 4 is 38.9 Å². The second kappa shape index (κ2) is 6.71. The number of thiophene rings is 1. The fraction of sp³-hybridized carbons (Fsp3) is 0.286. The van der Waals surface area contributed by atoms with E-state index in [4.69, 9.17) is 11.6 Å². The van der Waals surface area contributed by atoms with E-state index in [2.05, 4.69) is 45.0 Å². The van der Waals surface area contributed by atoms with E-state index in [1.165, 1.54) is 15.6 Å². The highest BCUT2D eigenvalue weighted by Crippen LogP contribution is 2.29. The minimum absolute atomic E-state index is 0.328. The van der Waals surface area contributed by atoms with Crippen molar-refractivity contribution in [1.29, 1.82) is 0 Å². The smallest absolute Gasteiger partial charge is 0.0408 e. The summed E-state index contributed by atoms with van der Waals surface area (Å²) in [6, 6.07) is 8.40. The van der Waals surface area contributed by atoms with Gasteiger partial charge < -0.3 is 5.32 Å². The van der Waals surface area contributed by atoms with Crippen LogP contribution in [0.4, 0.5) is 0 Å². The van der Waals surface area contributed by atoms with Gasteiger partial charge in [-0.15, -0.1) is 0 Å². The minimum Gasteiger partial charge on any atom is -0.310 e. The maximum absolute atomic E-state index is 6.03. The monoisotopic (exact) mass is 343 g/mol. The Kier molecular flexibility index (Phi) is 5.25. The van der Waals surface area contributed by atoms with Crippen LogP contribution in [0.1, 0.15) is 24.1 Å². The van der Waals surface area contributed by atoms with Gasteiger partial charge in [0.1, 0.15) is 0 Å². The van der Waals surface area contributed by atoms with Crippen molar-refractivity contribution in [2.24, 2.45) is 0 Å². The molecule has 18 heavy (non-hydrogen) atoms. The number of likely N-dealkylation sites (N-methyl/N-ethyl adjacent to an activating group) is 1. The van der Waals surface area contributed by atoms with Crippen LogP contribution >= 0.6 is 38.9 Å². The quantitative estimate of drug-likeness (QED) is 0.799. The zero-order valence-corrected chi connectivity index (χ0v) is 13.3. The van der Waals surface area contributed by atoms with Gasteiger partial charge in [0.2, 0.25) is 0 Å². The molecule has 2 rings (SSSR count). The highest BCUT2D eigenvalue weighted by atomic mass is 79.9. The van der Waals surface area contributed by atoms with Gasteiger partial charge in [0.15, 0.2) is 0 Å². The first-order valence-electron chi connectivity index (χ1n) is 5.90. The molecular formula is C14H15BrClNS. The number of nitrogens with one attached hydrogen (secondary N) is 1. The fourth-order valence-corrected chi connectivity index (χ4v) is 3.82. The van der Waals surface area contributed by atoms with Gasteiger partial charge in [-0.3, -0.25) is 0 Å². The Morgan fingerprint density at radius 3 is 2.83 bits per heavy atom. The third kappa shape index (κ3) is 3.58. The predicted molar refractivity (Wildman–Crippen MR) is 83.6 cm³/mol. The molecule has 1 heterocycles. The number of halogens is 2. The van der Waals surface area contributed by atoms with Crippen molar-refractivity contribution in [3.05, 3.63) is 55.6 Å². The van der Waals surface area contributed by atoms with Gasteiger partial charge in [-0.2, -0.15) is 11.3 Å². The van der Waals surface area contributed by atoms with Crippen molar-refractivity contribution < 1.29 is 0 Å². The summed E-state index contributed by atoms with van der Waals surface area (Å²) in [5.74, 6) is 0. The summed E-state index contributed by atoms with van der Waals surface area (Å²) in [7, 11) is 0. The van der Waals surface area contributed by atoms with Crippen molar-refractivity contribution in [2.75, 3.05) is 6.54 Å². The van der Waals surface area contributed by atoms with Gasteiger partial charge >= 0.3 is 0 Å². The molecule has 0 amide bonds. The standard InChI is InChI=1S/C14H15BrClNS/c1-2-17-14(12-8-18-9-13(12)15)7-10-4-3-5-11(16)6-10/h3-6,8-9,14,17H,2,7H2,1H3. The van der Waals surface area contributed by atoms with E-state index in [0.29, 0.717) is 6.04 Å².